The van der Waals surface area contributed by atoms with Crippen molar-refractivity contribution < 1.29 is 19.4 Å². The number of hydrogen-bond acceptors (Lipinski definition) is 4. The van der Waals surface area contributed by atoms with Crippen LogP contribution < -0.4 is 9.47 Å². The predicted molar refractivity (Wildman–Crippen MR) is 90.7 cm³/mol. The fraction of sp³-hybridized carbons (Fsp3) is 0.158. The number of methoxy groups -OCH3 is 1. The third-order valence-corrected chi connectivity index (χ3v) is 3.77. The molecular weight excluding hydrogens is 306 g/mol. The summed E-state index contributed by atoms with van der Waals surface area (Å²) in [5.41, 5.74) is 1.31. The van der Waals surface area contributed by atoms with Gasteiger partial charge >= 0.3 is 5.97 Å². The lowest BCUT2D eigenvalue weighted by Gasteiger charge is -2.17. The number of fused-ring (bicyclic) bond motifs is 1. The first-order valence-electron chi connectivity index (χ1n) is 7.53. The van der Waals surface area contributed by atoms with Gasteiger partial charge in [0.1, 0.15) is 17.6 Å². The van der Waals surface area contributed by atoms with Crippen LogP contribution in [0.3, 0.4) is 0 Å². The quantitative estimate of drug-likeness (QED) is 0.766. The fourth-order valence-corrected chi connectivity index (χ4v) is 2.61. The van der Waals surface area contributed by atoms with Crippen molar-refractivity contribution >= 4 is 16.9 Å². The van der Waals surface area contributed by atoms with E-state index in [1.165, 1.54) is 13.2 Å². The zero-order chi connectivity index (χ0) is 17.1. The second-order valence-corrected chi connectivity index (χ2v) is 5.33. The minimum absolute atomic E-state index is 0.0567. The Morgan fingerprint density at radius 3 is 2.54 bits per heavy atom. The molecule has 5 nitrogen and oxygen atoms in total. The molecule has 122 valence electrons. The number of nitrogens with zero attached hydrogens (tertiary/aromatic N) is 1. The van der Waals surface area contributed by atoms with E-state index in [0.29, 0.717) is 11.3 Å². The third kappa shape index (κ3) is 3.01. The maximum atomic E-state index is 11.3. The van der Waals surface area contributed by atoms with Crippen LogP contribution in [-0.2, 0) is 0 Å². The first kappa shape index (κ1) is 15.8. The topological polar surface area (TPSA) is 68.7 Å². The van der Waals surface area contributed by atoms with Gasteiger partial charge in [-0.2, -0.15) is 0 Å². The Kier molecular flexibility index (Phi) is 4.33. The zero-order valence-electron chi connectivity index (χ0n) is 13.4. The van der Waals surface area contributed by atoms with Gasteiger partial charge in [0.15, 0.2) is 5.69 Å². The molecule has 3 aromatic rings. The highest BCUT2D eigenvalue weighted by molar-refractivity contribution is 5.94. The number of para-hydroxylation sites is 2. The SMILES string of the molecule is COc1cc(C(=O)O)nc2c([C@H](C)Oc3ccccc3)cccc12. The minimum Gasteiger partial charge on any atom is -0.496 e. The molecule has 0 aliphatic carbocycles. The van der Waals surface area contributed by atoms with Gasteiger partial charge in [0, 0.05) is 17.0 Å². The van der Waals surface area contributed by atoms with E-state index >= 15 is 0 Å². The second kappa shape index (κ2) is 6.58. The summed E-state index contributed by atoms with van der Waals surface area (Å²) >= 11 is 0. The largest absolute Gasteiger partial charge is 0.496 e. The Bertz CT molecular complexity index is 877. The van der Waals surface area contributed by atoms with Gasteiger partial charge in [-0.15, -0.1) is 0 Å². The molecule has 2 aromatic carbocycles. The van der Waals surface area contributed by atoms with Crippen molar-refractivity contribution in [3.8, 4) is 11.5 Å². The number of rotatable bonds is 5. The number of carboxylic acid groups (broad SMARTS) is 1. The van der Waals surface area contributed by atoms with Gasteiger partial charge in [0.2, 0.25) is 0 Å². The second-order valence-electron chi connectivity index (χ2n) is 5.33. The van der Waals surface area contributed by atoms with Crippen LogP contribution in [0, 0.1) is 0 Å². The third-order valence-electron chi connectivity index (χ3n) is 3.77. The van der Waals surface area contributed by atoms with Crippen LogP contribution in [0.2, 0.25) is 0 Å². The summed E-state index contributed by atoms with van der Waals surface area (Å²) in [7, 11) is 1.51. The number of carbonyl (C=O) groups is 1. The molecule has 0 aliphatic rings. The molecule has 0 bridgehead atoms. The molecule has 0 aliphatic heterocycles. The molecule has 1 atom stereocenters. The average Bonchev–Trinajstić information content (AvgIpc) is 2.60. The lowest BCUT2D eigenvalue weighted by Crippen LogP contribution is -2.07. The van der Waals surface area contributed by atoms with E-state index in [1.54, 1.807) is 0 Å². The van der Waals surface area contributed by atoms with Gasteiger partial charge in [0.25, 0.3) is 0 Å². The highest BCUT2D eigenvalue weighted by Crippen LogP contribution is 2.32. The van der Waals surface area contributed by atoms with Crippen molar-refractivity contribution in [1.29, 1.82) is 0 Å². The van der Waals surface area contributed by atoms with Crippen LogP contribution in [0.5, 0.6) is 11.5 Å². The summed E-state index contributed by atoms with van der Waals surface area (Å²) in [6.45, 7) is 1.91. The van der Waals surface area contributed by atoms with E-state index in [0.717, 1.165) is 16.7 Å². The van der Waals surface area contributed by atoms with Crippen LogP contribution in [-0.4, -0.2) is 23.2 Å². The Hall–Kier alpha value is -3.08. The highest BCUT2D eigenvalue weighted by Gasteiger charge is 2.17. The van der Waals surface area contributed by atoms with E-state index in [-0.39, 0.29) is 11.8 Å². The fourth-order valence-electron chi connectivity index (χ4n) is 2.61. The number of aromatic carboxylic acids is 1. The van der Waals surface area contributed by atoms with Crippen LogP contribution in [0.1, 0.15) is 29.1 Å². The molecule has 0 saturated carbocycles. The monoisotopic (exact) mass is 323 g/mol. The number of aromatic nitrogens is 1. The van der Waals surface area contributed by atoms with Crippen molar-refractivity contribution in [1.82, 2.24) is 4.98 Å². The van der Waals surface area contributed by atoms with E-state index in [2.05, 4.69) is 4.98 Å². The van der Waals surface area contributed by atoms with E-state index in [4.69, 9.17) is 9.47 Å². The summed E-state index contributed by atoms with van der Waals surface area (Å²) in [6.07, 6.45) is -0.294. The Morgan fingerprint density at radius 2 is 1.88 bits per heavy atom. The molecule has 0 amide bonds. The number of ether oxygens (including phenoxy) is 2. The summed E-state index contributed by atoms with van der Waals surface area (Å²) in [4.78, 5) is 15.6. The summed E-state index contributed by atoms with van der Waals surface area (Å²) in [5.74, 6) is 0.121. The summed E-state index contributed by atoms with van der Waals surface area (Å²) < 4.78 is 11.3. The smallest absolute Gasteiger partial charge is 0.354 e. The molecule has 0 spiro atoms. The lowest BCUT2D eigenvalue weighted by atomic mass is 10.0. The summed E-state index contributed by atoms with van der Waals surface area (Å²) in [6, 6.07) is 16.5. The highest BCUT2D eigenvalue weighted by atomic mass is 16.5. The van der Waals surface area contributed by atoms with Crippen LogP contribution in [0.15, 0.2) is 54.6 Å². The molecule has 0 fully saturated rings. The molecular formula is C19H17NO4. The molecule has 1 N–H and O–H groups in total. The van der Waals surface area contributed by atoms with Crippen molar-refractivity contribution in [3.05, 3.63) is 65.9 Å². The molecule has 0 unspecified atom stereocenters. The molecule has 0 saturated heterocycles. The number of pyridine rings is 1. The zero-order valence-corrected chi connectivity index (χ0v) is 13.4. The summed E-state index contributed by atoms with van der Waals surface area (Å²) in [5, 5.41) is 10.0. The first-order chi connectivity index (χ1) is 11.6. The van der Waals surface area contributed by atoms with E-state index in [9.17, 15) is 9.90 Å². The number of hydrogen-bond donors (Lipinski definition) is 1. The molecule has 3 rings (SSSR count). The van der Waals surface area contributed by atoms with Crippen molar-refractivity contribution in [2.24, 2.45) is 0 Å². The Balaban J connectivity index is 2.10. The van der Waals surface area contributed by atoms with Crippen molar-refractivity contribution in [2.75, 3.05) is 7.11 Å². The maximum absolute atomic E-state index is 11.3. The van der Waals surface area contributed by atoms with Crippen molar-refractivity contribution in [2.45, 2.75) is 13.0 Å². The van der Waals surface area contributed by atoms with Gasteiger partial charge in [-0.25, -0.2) is 9.78 Å². The molecule has 24 heavy (non-hydrogen) atoms. The minimum atomic E-state index is -1.10. The van der Waals surface area contributed by atoms with Crippen molar-refractivity contribution in [3.63, 3.8) is 0 Å². The standard InChI is InChI=1S/C19H17NO4/c1-12(24-13-7-4-3-5-8-13)14-9-6-10-15-17(23-2)11-16(19(21)22)20-18(14)15/h3-12H,1-2H3,(H,21,22)/t12-/m0/s1. The van der Waals surface area contributed by atoms with Gasteiger partial charge in [-0.3, -0.25) is 0 Å². The van der Waals surface area contributed by atoms with Crippen LogP contribution in [0.25, 0.3) is 10.9 Å². The van der Waals surface area contributed by atoms with Crippen LogP contribution in [0.4, 0.5) is 0 Å². The van der Waals surface area contributed by atoms with Gasteiger partial charge in [-0.1, -0.05) is 30.3 Å². The number of benzene rings is 2. The van der Waals surface area contributed by atoms with E-state index < -0.39 is 5.97 Å². The molecule has 0 radical (unpaired) electrons. The Labute approximate surface area is 139 Å². The molecule has 1 heterocycles. The predicted octanol–water partition coefficient (Wildman–Crippen LogP) is 4.08. The lowest BCUT2D eigenvalue weighted by molar-refractivity contribution is 0.0690. The molecule has 5 heteroatoms. The maximum Gasteiger partial charge on any atom is 0.354 e. The van der Waals surface area contributed by atoms with Gasteiger partial charge in [-0.05, 0) is 25.1 Å². The number of carboxylic acids is 1. The first-order valence-corrected chi connectivity index (χ1v) is 7.53. The Morgan fingerprint density at radius 1 is 1.12 bits per heavy atom. The average molecular weight is 323 g/mol. The normalized spacial score (nSPS) is 11.9. The van der Waals surface area contributed by atoms with E-state index in [1.807, 2.05) is 55.5 Å². The molecule has 1 aromatic heterocycles. The van der Waals surface area contributed by atoms with Gasteiger partial charge < -0.3 is 14.6 Å². The van der Waals surface area contributed by atoms with Gasteiger partial charge in [0.05, 0.1) is 12.6 Å². The van der Waals surface area contributed by atoms with Crippen LogP contribution >= 0.6 is 0 Å².